The normalized spacial score (nSPS) is 11.5. The monoisotopic (exact) mass is 346 g/mol. The van der Waals surface area contributed by atoms with Gasteiger partial charge in [-0.1, -0.05) is 42.5 Å². The Bertz CT molecular complexity index is 967. The summed E-state index contributed by atoms with van der Waals surface area (Å²) >= 11 is 0. The van der Waals surface area contributed by atoms with Gasteiger partial charge in [0.25, 0.3) is 0 Å². The maximum atomic E-state index is 4.68. The summed E-state index contributed by atoms with van der Waals surface area (Å²) in [5.41, 5.74) is 5.00. The van der Waals surface area contributed by atoms with Crippen LogP contribution in [0.25, 0.3) is 22.3 Å². The first-order chi connectivity index (χ1) is 12.7. The topological polar surface area (TPSA) is 71.4 Å². The Morgan fingerprint density at radius 1 is 0.962 bits per heavy atom. The van der Waals surface area contributed by atoms with Crippen LogP contribution < -0.4 is 5.32 Å². The van der Waals surface area contributed by atoms with Gasteiger partial charge in [0.2, 0.25) is 0 Å². The lowest BCUT2D eigenvalue weighted by atomic mass is 10.1. The summed E-state index contributed by atoms with van der Waals surface area (Å²) in [6.07, 6.45) is 0. The van der Waals surface area contributed by atoms with Crippen molar-refractivity contribution in [1.82, 2.24) is 30.3 Å². The minimum Gasteiger partial charge on any atom is -0.341 e. The van der Waals surface area contributed by atoms with Gasteiger partial charge in [0.05, 0.1) is 23.6 Å². The van der Waals surface area contributed by atoms with Gasteiger partial charge in [0, 0.05) is 12.1 Å². The SMILES string of the molecule is CC(C)n1nc(CNCc2nc3ccccc3[nH]2)c(-c2ccccc2)n1. The zero-order chi connectivity index (χ0) is 17.9. The quantitative estimate of drug-likeness (QED) is 0.558. The molecule has 132 valence electrons. The lowest BCUT2D eigenvalue weighted by molar-refractivity contribution is 0.461. The van der Waals surface area contributed by atoms with Crippen molar-refractivity contribution in [3.63, 3.8) is 0 Å². The molecule has 4 aromatic rings. The Morgan fingerprint density at radius 2 is 1.73 bits per heavy atom. The molecule has 0 saturated carbocycles. The van der Waals surface area contributed by atoms with Crippen LogP contribution in [0.4, 0.5) is 0 Å². The first kappa shape index (κ1) is 16.5. The van der Waals surface area contributed by atoms with Gasteiger partial charge in [-0.15, -0.1) is 0 Å². The zero-order valence-electron chi connectivity index (χ0n) is 15.0. The fraction of sp³-hybridized carbons (Fsp3) is 0.250. The lowest BCUT2D eigenvalue weighted by Crippen LogP contribution is -2.15. The Balaban J connectivity index is 1.52. The van der Waals surface area contributed by atoms with E-state index in [-0.39, 0.29) is 6.04 Å². The smallest absolute Gasteiger partial charge is 0.121 e. The largest absolute Gasteiger partial charge is 0.341 e. The maximum Gasteiger partial charge on any atom is 0.121 e. The Kier molecular flexibility index (Phi) is 4.50. The number of hydrogen-bond acceptors (Lipinski definition) is 4. The molecule has 0 fully saturated rings. The number of nitrogens with zero attached hydrogens (tertiary/aromatic N) is 4. The van der Waals surface area contributed by atoms with Crippen LogP contribution in [0.2, 0.25) is 0 Å². The third-order valence-electron chi connectivity index (χ3n) is 4.23. The molecule has 0 aliphatic rings. The van der Waals surface area contributed by atoms with Gasteiger partial charge in [-0.3, -0.25) is 0 Å². The summed E-state index contributed by atoms with van der Waals surface area (Å²) in [5.74, 6) is 0.920. The highest BCUT2D eigenvalue weighted by Gasteiger charge is 2.14. The average Bonchev–Trinajstić information content (AvgIpc) is 3.26. The van der Waals surface area contributed by atoms with Crippen molar-refractivity contribution in [3.05, 3.63) is 66.1 Å². The van der Waals surface area contributed by atoms with Crippen molar-refractivity contribution < 1.29 is 0 Å². The first-order valence-electron chi connectivity index (χ1n) is 8.86. The van der Waals surface area contributed by atoms with E-state index in [1.807, 2.05) is 42.5 Å². The summed E-state index contributed by atoms with van der Waals surface area (Å²) in [6.45, 7) is 5.45. The number of aromatic amines is 1. The molecule has 4 rings (SSSR count). The second-order valence-electron chi connectivity index (χ2n) is 6.58. The summed E-state index contributed by atoms with van der Waals surface area (Å²) < 4.78 is 0. The molecule has 2 aromatic heterocycles. The van der Waals surface area contributed by atoms with Gasteiger partial charge < -0.3 is 10.3 Å². The van der Waals surface area contributed by atoms with Crippen LogP contribution in [0.15, 0.2) is 54.6 Å². The standard InChI is InChI=1S/C20H22N6/c1-14(2)26-24-18(20(25-26)15-8-4-3-5-9-15)12-21-13-19-22-16-10-6-7-11-17(16)23-19/h3-11,14,21H,12-13H2,1-2H3,(H,22,23). The van der Waals surface area contributed by atoms with E-state index < -0.39 is 0 Å². The van der Waals surface area contributed by atoms with Gasteiger partial charge in [-0.25, -0.2) is 4.98 Å². The number of para-hydroxylation sites is 2. The Labute approximate surface area is 152 Å². The van der Waals surface area contributed by atoms with Crippen molar-refractivity contribution in [2.45, 2.75) is 33.0 Å². The molecule has 0 bridgehead atoms. The highest BCUT2D eigenvalue weighted by molar-refractivity contribution is 5.74. The molecule has 2 N–H and O–H groups in total. The number of rotatable bonds is 6. The number of nitrogens with one attached hydrogen (secondary N) is 2. The van der Waals surface area contributed by atoms with Gasteiger partial charge in [0.15, 0.2) is 0 Å². The molecule has 0 radical (unpaired) electrons. The van der Waals surface area contributed by atoms with Crippen LogP contribution >= 0.6 is 0 Å². The highest BCUT2D eigenvalue weighted by Crippen LogP contribution is 2.21. The van der Waals surface area contributed by atoms with Crippen LogP contribution in [0, 0.1) is 0 Å². The molecule has 2 heterocycles. The number of benzene rings is 2. The van der Waals surface area contributed by atoms with E-state index in [1.165, 1.54) is 0 Å². The predicted molar refractivity (Wildman–Crippen MR) is 102 cm³/mol. The number of hydrogen-bond donors (Lipinski definition) is 2. The molecular weight excluding hydrogens is 324 g/mol. The van der Waals surface area contributed by atoms with Crippen molar-refractivity contribution in [3.8, 4) is 11.3 Å². The Morgan fingerprint density at radius 3 is 2.50 bits per heavy atom. The molecule has 2 aromatic carbocycles. The van der Waals surface area contributed by atoms with Crippen LogP contribution in [0.3, 0.4) is 0 Å². The van der Waals surface area contributed by atoms with Crippen LogP contribution in [0.1, 0.15) is 31.4 Å². The minimum atomic E-state index is 0.224. The molecule has 6 heteroatoms. The number of imidazole rings is 1. The molecule has 0 aliphatic heterocycles. The van der Waals surface area contributed by atoms with E-state index in [0.29, 0.717) is 13.1 Å². The van der Waals surface area contributed by atoms with Crippen LogP contribution in [-0.4, -0.2) is 25.0 Å². The van der Waals surface area contributed by atoms with Gasteiger partial charge >= 0.3 is 0 Å². The summed E-state index contributed by atoms with van der Waals surface area (Å²) in [7, 11) is 0. The van der Waals surface area contributed by atoms with E-state index in [9.17, 15) is 0 Å². The van der Waals surface area contributed by atoms with Crippen molar-refractivity contribution in [2.24, 2.45) is 0 Å². The fourth-order valence-corrected chi connectivity index (χ4v) is 2.91. The third-order valence-corrected chi connectivity index (χ3v) is 4.23. The van der Waals surface area contributed by atoms with E-state index in [0.717, 1.165) is 33.8 Å². The van der Waals surface area contributed by atoms with E-state index in [1.54, 1.807) is 4.80 Å². The minimum absolute atomic E-state index is 0.224. The molecule has 0 amide bonds. The summed E-state index contributed by atoms with van der Waals surface area (Å²) in [4.78, 5) is 9.71. The summed E-state index contributed by atoms with van der Waals surface area (Å²) in [6, 6.07) is 18.5. The highest BCUT2D eigenvalue weighted by atomic mass is 15.5. The zero-order valence-corrected chi connectivity index (χ0v) is 15.0. The van der Waals surface area contributed by atoms with Gasteiger partial charge in [0.1, 0.15) is 17.2 Å². The predicted octanol–water partition coefficient (Wildman–Crippen LogP) is 3.69. The van der Waals surface area contributed by atoms with Crippen molar-refractivity contribution in [2.75, 3.05) is 0 Å². The molecule has 0 aliphatic carbocycles. The van der Waals surface area contributed by atoms with E-state index in [2.05, 4.69) is 51.5 Å². The third kappa shape index (κ3) is 3.36. The molecule has 0 unspecified atom stereocenters. The average molecular weight is 346 g/mol. The second-order valence-corrected chi connectivity index (χ2v) is 6.58. The van der Waals surface area contributed by atoms with E-state index in [4.69, 9.17) is 0 Å². The number of H-pyrrole nitrogens is 1. The van der Waals surface area contributed by atoms with Gasteiger partial charge in [-0.2, -0.15) is 15.0 Å². The summed E-state index contributed by atoms with van der Waals surface area (Å²) in [5, 5.41) is 12.8. The molecule has 26 heavy (non-hydrogen) atoms. The maximum absolute atomic E-state index is 4.68. The first-order valence-corrected chi connectivity index (χ1v) is 8.86. The van der Waals surface area contributed by atoms with E-state index >= 15 is 0 Å². The molecule has 0 spiro atoms. The molecule has 0 atom stereocenters. The van der Waals surface area contributed by atoms with Crippen molar-refractivity contribution >= 4 is 11.0 Å². The lowest BCUT2D eigenvalue weighted by Gasteiger charge is -2.02. The molecular formula is C20H22N6. The number of fused-ring (bicyclic) bond motifs is 1. The molecule has 6 nitrogen and oxygen atoms in total. The Hall–Kier alpha value is -2.99. The second kappa shape index (κ2) is 7.09. The molecule has 0 saturated heterocycles. The van der Waals surface area contributed by atoms with Crippen molar-refractivity contribution in [1.29, 1.82) is 0 Å². The van der Waals surface area contributed by atoms with Gasteiger partial charge in [-0.05, 0) is 26.0 Å². The number of aromatic nitrogens is 5. The fourth-order valence-electron chi connectivity index (χ4n) is 2.91. The van der Waals surface area contributed by atoms with Crippen LogP contribution in [0.5, 0.6) is 0 Å². The van der Waals surface area contributed by atoms with Crippen LogP contribution in [-0.2, 0) is 13.1 Å².